The van der Waals surface area contributed by atoms with Crippen LogP contribution in [-0.2, 0) is 0 Å². The molecule has 2 atom stereocenters. The molecule has 1 aliphatic rings. The zero-order valence-corrected chi connectivity index (χ0v) is 11.9. The van der Waals surface area contributed by atoms with Gasteiger partial charge in [0.15, 0.2) is 0 Å². The number of fused-ring (bicyclic) bond motifs is 1. The minimum atomic E-state index is -0.284. The SMILES string of the molecule is CN(C)CC1CC(O)CN1c1ncnc2ccccc12. The van der Waals surface area contributed by atoms with Crippen LogP contribution in [0.4, 0.5) is 5.82 Å². The molecule has 1 aliphatic heterocycles. The van der Waals surface area contributed by atoms with Gasteiger partial charge in [0.1, 0.15) is 12.1 Å². The van der Waals surface area contributed by atoms with E-state index in [2.05, 4.69) is 33.9 Å². The minimum Gasteiger partial charge on any atom is -0.391 e. The number of aliphatic hydroxyl groups excluding tert-OH is 1. The molecule has 1 aromatic carbocycles. The Morgan fingerprint density at radius 3 is 2.90 bits per heavy atom. The summed E-state index contributed by atoms with van der Waals surface area (Å²) in [6.45, 7) is 1.55. The van der Waals surface area contributed by atoms with Crippen molar-refractivity contribution >= 4 is 16.7 Å². The number of hydrogen-bond acceptors (Lipinski definition) is 5. The zero-order chi connectivity index (χ0) is 14.1. The normalized spacial score (nSPS) is 22.9. The van der Waals surface area contributed by atoms with E-state index in [0.717, 1.165) is 29.7 Å². The minimum absolute atomic E-state index is 0.284. The second-order valence-corrected chi connectivity index (χ2v) is 5.67. The molecule has 20 heavy (non-hydrogen) atoms. The lowest BCUT2D eigenvalue weighted by atomic mass is 10.1. The quantitative estimate of drug-likeness (QED) is 0.908. The number of likely N-dealkylation sites (N-methyl/N-ethyl adjacent to an activating group) is 1. The number of nitrogens with zero attached hydrogens (tertiary/aromatic N) is 4. The van der Waals surface area contributed by atoms with Crippen LogP contribution in [0.15, 0.2) is 30.6 Å². The van der Waals surface area contributed by atoms with Crippen LogP contribution >= 0.6 is 0 Å². The molecule has 5 heteroatoms. The van der Waals surface area contributed by atoms with Crippen molar-refractivity contribution in [2.24, 2.45) is 0 Å². The average molecular weight is 272 g/mol. The summed E-state index contributed by atoms with van der Waals surface area (Å²) in [5.74, 6) is 0.930. The molecule has 5 nitrogen and oxygen atoms in total. The second-order valence-electron chi connectivity index (χ2n) is 5.67. The van der Waals surface area contributed by atoms with Crippen molar-refractivity contribution in [1.29, 1.82) is 0 Å². The van der Waals surface area contributed by atoms with Gasteiger partial charge in [0, 0.05) is 24.5 Å². The van der Waals surface area contributed by atoms with Crippen molar-refractivity contribution in [2.75, 3.05) is 32.1 Å². The van der Waals surface area contributed by atoms with Crippen molar-refractivity contribution < 1.29 is 5.11 Å². The monoisotopic (exact) mass is 272 g/mol. The lowest BCUT2D eigenvalue weighted by molar-refractivity contribution is 0.191. The molecule has 0 spiro atoms. The predicted molar refractivity (Wildman–Crippen MR) is 79.8 cm³/mol. The third kappa shape index (κ3) is 2.46. The van der Waals surface area contributed by atoms with Crippen LogP contribution in [0.5, 0.6) is 0 Å². The maximum absolute atomic E-state index is 10.0. The van der Waals surface area contributed by atoms with E-state index < -0.39 is 0 Å². The van der Waals surface area contributed by atoms with E-state index in [9.17, 15) is 5.11 Å². The molecule has 0 bridgehead atoms. The van der Waals surface area contributed by atoms with Gasteiger partial charge in [-0.05, 0) is 32.6 Å². The fourth-order valence-corrected chi connectivity index (χ4v) is 2.97. The zero-order valence-electron chi connectivity index (χ0n) is 11.9. The van der Waals surface area contributed by atoms with E-state index in [1.54, 1.807) is 6.33 Å². The smallest absolute Gasteiger partial charge is 0.140 e. The van der Waals surface area contributed by atoms with Crippen LogP contribution in [-0.4, -0.2) is 59.3 Å². The van der Waals surface area contributed by atoms with Gasteiger partial charge < -0.3 is 14.9 Å². The number of rotatable bonds is 3. The van der Waals surface area contributed by atoms with Crippen molar-refractivity contribution in [3.05, 3.63) is 30.6 Å². The highest BCUT2D eigenvalue weighted by atomic mass is 16.3. The van der Waals surface area contributed by atoms with E-state index in [1.807, 2.05) is 24.3 Å². The van der Waals surface area contributed by atoms with Gasteiger partial charge in [0.25, 0.3) is 0 Å². The third-order valence-corrected chi connectivity index (χ3v) is 3.76. The molecule has 2 unspecified atom stereocenters. The van der Waals surface area contributed by atoms with E-state index in [0.29, 0.717) is 12.6 Å². The lowest BCUT2D eigenvalue weighted by Crippen LogP contribution is -2.38. The van der Waals surface area contributed by atoms with Crippen LogP contribution in [0.2, 0.25) is 0 Å². The Bertz CT molecular complexity index is 596. The summed E-state index contributed by atoms with van der Waals surface area (Å²) >= 11 is 0. The first-order valence-electron chi connectivity index (χ1n) is 6.94. The maximum atomic E-state index is 10.0. The summed E-state index contributed by atoms with van der Waals surface area (Å²) in [5, 5.41) is 11.1. The van der Waals surface area contributed by atoms with Gasteiger partial charge in [-0.1, -0.05) is 12.1 Å². The molecule has 1 aromatic heterocycles. The van der Waals surface area contributed by atoms with Gasteiger partial charge in [0.2, 0.25) is 0 Å². The largest absolute Gasteiger partial charge is 0.391 e. The first-order chi connectivity index (χ1) is 9.65. The van der Waals surface area contributed by atoms with Gasteiger partial charge in [-0.15, -0.1) is 0 Å². The Morgan fingerprint density at radius 2 is 2.10 bits per heavy atom. The molecule has 3 rings (SSSR count). The van der Waals surface area contributed by atoms with Crippen LogP contribution in [0.25, 0.3) is 10.9 Å². The van der Waals surface area contributed by atoms with Crippen molar-refractivity contribution in [1.82, 2.24) is 14.9 Å². The number of aliphatic hydroxyl groups is 1. The first-order valence-corrected chi connectivity index (χ1v) is 6.94. The van der Waals surface area contributed by atoms with Crippen molar-refractivity contribution in [2.45, 2.75) is 18.6 Å². The van der Waals surface area contributed by atoms with Crippen LogP contribution in [0.1, 0.15) is 6.42 Å². The van der Waals surface area contributed by atoms with E-state index in [-0.39, 0.29) is 6.10 Å². The fraction of sp³-hybridized carbons (Fsp3) is 0.467. The number of benzene rings is 1. The van der Waals surface area contributed by atoms with Gasteiger partial charge in [-0.2, -0.15) is 0 Å². The first kappa shape index (κ1) is 13.3. The van der Waals surface area contributed by atoms with Gasteiger partial charge in [-0.25, -0.2) is 9.97 Å². The van der Waals surface area contributed by atoms with Crippen molar-refractivity contribution in [3.8, 4) is 0 Å². The van der Waals surface area contributed by atoms with Gasteiger partial charge >= 0.3 is 0 Å². The molecule has 2 heterocycles. The van der Waals surface area contributed by atoms with E-state index in [4.69, 9.17) is 0 Å². The van der Waals surface area contributed by atoms with Gasteiger partial charge in [-0.3, -0.25) is 0 Å². The van der Waals surface area contributed by atoms with Crippen molar-refractivity contribution in [3.63, 3.8) is 0 Å². The predicted octanol–water partition coefficient (Wildman–Crippen LogP) is 1.13. The molecular formula is C15H20N4O. The molecular weight excluding hydrogens is 252 g/mol. The summed E-state index contributed by atoms with van der Waals surface area (Å²) in [5.41, 5.74) is 0.947. The Kier molecular flexibility index (Phi) is 3.54. The summed E-state index contributed by atoms with van der Waals surface area (Å²) in [7, 11) is 4.11. The molecule has 1 saturated heterocycles. The van der Waals surface area contributed by atoms with E-state index in [1.165, 1.54) is 0 Å². The standard InChI is InChI=1S/C15H20N4O/c1-18(2)8-11-7-12(20)9-19(11)15-13-5-3-4-6-14(13)16-10-17-15/h3-6,10-12,20H,7-9H2,1-2H3. The molecule has 2 aromatic rings. The second kappa shape index (κ2) is 5.34. The molecule has 0 saturated carbocycles. The number of hydrogen-bond donors (Lipinski definition) is 1. The topological polar surface area (TPSA) is 52.5 Å². The molecule has 1 fully saturated rings. The number of β-amino-alcohol motifs (C(OH)–C–C–N with tert-alkyl or cyclic N) is 1. The highest BCUT2D eigenvalue weighted by Gasteiger charge is 2.32. The highest BCUT2D eigenvalue weighted by molar-refractivity contribution is 5.89. The average Bonchev–Trinajstić information content (AvgIpc) is 2.78. The molecule has 0 radical (unpaired) electrons. The van der Waals surface area contributed by atoms with Crippen LogP contribution < -0.4 is 4.90 Å². The maximum Gasteiger partial charge on any atom is 0.140 e. The molecule has 1 N–H and O–H groups in total. The Labute approximate surface area is 118 Å². The van der Waals surface area contributed by atoms with Crippen LogP contribution in [0.3, 0.4) is 0 Å². The Hall–Kier alpha value is -1.72. The summed E-state index contributed by atoms with van der Waals surface area (Å²) in [6, 6.07) is 8.31. The number of anilines is 1. The Morgan fingerprint density at radius 1 is 1.30 bits per heavy atom. The molecule has 0 aliphatic carbocycles. The molecule has 0 amide bonds. The lowest BCUT2D eigenvalue weighted by Gasteiger charge is -2.28. The number of para-hydroxylation sites is 1. The molecule has 106 valence electrons. The van der Waals surface area contributed by atoms with Gasteiger partial charge in [0.05, 0.1) is 11.6 Å². The fourth-order valence-electron chi connectivity index (χ4n) is 2.97. The third-order valence-electron chi connectivity index (χ3n) is 3.76. The van der Waals surface area contributed by atoms with Crippen LogP contribution in [0, 0.1) is 0 Å². The summed E-state index contributed by atoms with van der Waals surface area (Å²) in [6.07, 6.45) is 2.11. The summed E-state index contributed by atoms with van der Waals surface area (Å²) < 4.78 is 0. The summed E-state index contributed by atoms with van der Waals surface area (Å²) in [4.78, 5) is 13.1. The number of aromatic nitrogens is 2. The Balaban J connectivity index is 2.00. The highest BCUT2D eigenvalue weighted by Crippen LogP contribution is 2.29. The van der Waals surface area contributed by atoms with E-state index >= 15 is 0 Å².